The second kappa shape index (κ2) is 5.53. The molecule has 1 N–H and O–H groups in total. The summed E-state index contributed by atoms with van der Waals surface area (Å²) in [4.78, 5) is 14.4. The summed E-state index contributed by atoms with van der Waals surface area (Å²) in [6.45, 7) is 7.17. The Balaban J connectivity index is 2.10. The van der Waals surface area contributed by atoms with Gasteiger partial charge in [-0.25, -0.2) is 0 Å². The van der Waals surface area contributed by atoms with Crippen molar-refractivity contribution in [1.82, 2.24) is 10.2 Å². The summed E-state index contributed by atoms with van der Waals surface area (Å²) in [5.41, 5.74) is 1.06. The quantitative estimate of drug-likeness (QED) is 0.885. The van der Waals surface area contributed by atoms with Crippen LogP contribution in [0.5, 0.6) is 0 Å². The van der Waals surface area contributed by atoms with E-state index < -0.39 is 0 Å². The average molecular weight is 246 g/mol. The second-order valence-corrected chi connectivity index (χ2v) is 5.14. The third-order valence-corrected chi connectivity index (χ3v) is 4.09. The Morgan fingerprint density at radius 3 is 2.61 bits per heavy atom. The van der Waals surface area contributed by atoms with Gasteiger partial charge in [0.25, 0.3) is 0 Å². The molecule has 0 bridgehead atoms. The molecule has 2 rings (SSSR count). The molecule has 0 aliphatic carbocycles. The van der Waals surface area contributed by atoms with Crippen molar-refractivity contribution in [3.05, 3.63) is 35.9 Å². The molecule has 98 valence electrons. The van der Waals surface area contributed by atoms with Crippen molar-refractivity contribution in [2.45, 2.75) is 39.3 Å². The number of hydrogen-bond acceptors (Lipinski definition) is 2. The molecule has 0 saturated carbocycles. The Hall–Kier alpha value is -1.35. The molecule has 1 aliphatic rings. The monoisotopic (exact) mass is 246 g/mol. The minimum Gasteiger partial charge on any atom is -0.325 e. The number of carbonyl (C=O) groups is 1. The van der Waals surface area contributed by atoms with E-state index in [1.54, 1.807) is 0 Å². The van der Waals surface area contributed by atoms with Crippen LogP contribution in [-0.4, -0.2) is 23.5 Å². The van der Waals surface area contributed by atoms with E-state index in [0.717, 1.165) is 12.0 Å². The van der Waals surface area contributed by atoms with Crippen LogP contribution in [0.4, 0.5) is 0 Å². The molecule has 3 unspecified atom stereocenters. The van der Waals surface area contributed by atoms with Crippen molar-refractivity contribution in [3.63, 3.8) is 0 Å². The maximum absolute atomic E-state index is 12.4. The van der Waals surface area contributed by atoms with Gasteiger partial charge in [-0.1, -0.05) is 50.6 Å². The van der Waals surface area contributed by atoms with Crippen LogP contribution in [0.25, 0.3) is 0 Å². The molecule has 1 heterocycles. The topological polar surface area (TPSA) is 32.3 Å². The molecule has 1 fully saturated rings. The zero-order valence-electron chi connectivity index (χ0n) is 11.4. The number of rotatable bonds is 4. The first kappa shape index (κ1) is 13.1. The van der Waals surface area contributed by atoms with Gasteiger partial charge in [-0.05, 0) is 18.4 Å². The molecule has 0 radical (unpaired) electrons. The highest BCUT2D eigenvalue weighted by Crippen LogP contribution is 2.24. The molecule has 3 heteroatoms. The summed E-state index contributed by atoms with van der Waals surface area (Å²) in [5, 5.41) is 3.31. The highest BCUT2D eigenvalue weighted by molar-refractivity contribution is 5.85. The molecule has 1 aliphatic heterocycles. The fraction of sp³-hybridized carbons (Fsp3) is 0.533. The van der Waals surface area contributed by atoms with Crippen LogP contribution < -0.4 is 5.32 Å². The molecule has 1 aromatic rings. The Labute approximate surface area is 109 Å². The Bertz CT molecular complexity index is 404. The van der Waals surface area contributed by atoms with Crippen molar-refractivity contribution in [3.8, 4) is 0 Å². The summed E-state index contributed by atoms with van der Waals surface area (Å²) >= 11 is 0. The maximum atomic E-state index is 12.4. The van der Waals surface area contributed by atoms with Crippen molar-refractivity contribution < 1.29 is 4.79 Å². The first-order chi connectivity index (χ1) is 8.65. The zero-order chi connectivity index (χ0) is 13.1. The standard InChI is InChI=1S/C15H22N2O/c1-4-11(2)12(3)17-10-16-14(15(17)18)13-8-6-5-7-9-13/h5-9,11-12,14,16H,4,10H2,1-3H3. The van der Waals surface area contributed by atoms with E-state index in [1.165, 1.54) is 0 Å². The number of hydrogen-bond donors (Lipinski definition) is 1. The highest BCUT2D eigenvalue weighted by atomic mass is 16.2. The van der Waals surface area contributed by atoms with Gasteiger partial charge >= 0.3 is 0 Å². The minimum absolute atomic E-state index is 0.169. The molecule has 3 atom stereocenters. The normalized spacial score (nSPS) is 23.2. The first-order valence-electron chi connectivity index (χ1n) is 6.74. The number of carbonyl (C=O) groups excluding carboxylic acids is 1. The lowest BCUT2D eigenvalue weighted by atomic mass is 9.99. The Kier molecular flexibility index (Phi) is 4.02. The first-order valence-corrected chi connectivity index (χ1v) is 6.74. The molecule has 1 saturated heterocycles. The lowest BCUT2D eigenvalue weighted by Crippen LogP contribution is -2.39. The van der Waals surface area contributed by atoms with Gasteiger partial charge in [-0.3, -0.25) is 10.1 Å². The van der Waals surface area contributed by atoms with Gasteiger partial charge in [0.1, 0.15) is 6.04 Å². The van der Waals surface area contributed by atoms with Gasteiger partial charge in [0.2, 0.25) is 5.91 Å². The van der Waals surface area contributed by atoms with Crippen LogP contribution in [0, 0.1) is 5.92 Å². The van der Waals surface area contributed by atoms with Crippen molar-refractivity contribution in [2.24, 2.45) is 5.92 Å². The lowest BCUT2D eigenvalue weighted by Gasteiger charge is -2.28. The SMILES string of the molecule is CCC(C)C(C)N1CNC(c2ccccc2)C1=O. The molecule has 3 nitrogen and oxygen atoms in total. The molecule has 0 spiro atoms. The van der Waals surface area contributed by atoms with Gasteiger partial charge in [-0.15, -0.1) is 0 Å². The minimum atomic E-state index is -0.169. The van der Waals surface area contributed by atoms with E-state index in [2.05, 4.69) is 26.1 Å². The van der Waals surface area contributed by atoms with Crippen LogP contribution in [0.15, 0.2) is 30.3 Å². The van der Waals surface area contributed by atoms with E-state index in [0.29, 0.717) is 18.6 Å². The summed E-state index contributed by atoms with van der Waals surface area (Å²) in [5.74, 6) is 0.735. The van der Waals surface area contributed by atoms with Crippen LogP contribution in [-0.2, 0) is 4.79 Å². The molecular formula is C15H22N2O. The summed E-state index contributed by atoms with van der Waals surface area (Å²) in [6, 6.07) is 10.1. The van der Waals surface area contributed by atoms with Crippen LogP contribution in [0.2, 0.25) is 0 Å². The highest BCUT2D eigenvalue weighted by Gasteiger charge is 2.35. The summed E-state index contributed by atoms with van der Waals surface area (Å²) in [7, 11) is 0. The lowest BCUT2D eigenvalue weighted by molar-refractivity contribution is -0.131. The van der Waals surface area contributed by atoms with Gasteiger partial charge in [0, 0.05) is 6.04 Å². The fourth-order valence-electron chi connectivity index (χ4n) is 2.42. The van der Waals surface area contributed by atoms with Crippen molar-refractivity contribution >= 4 is 5.91 Å². The summed E-state index contributed by atoms with van der Waals surface area (Å²) in [6.07, 6.45) is 1.10. The Morgan fingerprint density at radius 2 is 2.00 bits per heavy atom. The Morgan fingerprint density at radius 1 is 1.33 bits per heavy atom. The smallest absolute Gasteiger partial charge is 0.245 e. The largest absolute Gasteiger partial charge is 0.325 e. The van der Waals surface area contributed by atoms with E-state index in [1.807, 2.05) is 35.2 Å². The third-order valence-electron chi connectivity index (χ3n) is 4.09. The van der Waals surface area contributed by atoms with Crippen LogP contribution in [0.1, 0.15) is 38.8 Å². The van der Waals surface area contributed by atoms with Crippen molar-refractivity contribution in [2.75, 3.05) is 6.67 Å². The third kappa shape index (κ3) is 2.41. The van der Waals surface area contributed by atoms with E-state index in [4.69, 9.17) is 0 Å². The van der Waals surface area contributed by atoms with Crippen LogP contribution >= 0.6 is 0 Å². The van der Waals surface area contributed by atoms with Gasteiger partial charge in [-0.2, -0.15) is 0 Å². The predicted molar refractivity (Wildman–Crippen MR) is 72.9 cm³/mol. The van der Waals surface area contributed by atoms with Gasteiger partial charge in [0.05, 0.1) is 6.67 Å². The second-order valence-electron chi connectivity index (χ2n) is 5.14. The molecule has 1 aromatic carbocycles. The number of nitrogens with zero attached hydrogens (tertiary/aromatic N) is 1. The average Bonchev–Trinajstić information content (AvgIpc) is 2.80. The number of amides is 1. The van der Waals surface area contributed by atoms with Gasteiger partial charge in [0.15, 0.2) is 0 Å². The molecule has 0 aromatic heterocycles. The van der Waals surface area contributed by atoms with Gasteiger partial charge < -0.3 is 4.90 Å². The number of benzene rings is 1. The predicted octanol–water partition coefficient (Wildman–Crippen LogP) is 2.55. The van der Waals surface area contributed by atoms with E-state index >= 15 is 0 Å². The van der Waals surface area contributed by atoms with Crippen LogP contribution in [0.3, 0.4) is 0 Å². The molecular weight excluding hydrogens is 224 g/mol. The van der Waals surface area contributed by atoms with Crippen molar-refractivity contribution in [1.29, 1.82) is 0 Å². The molecule has 1 amide bonds. The van der Waals surface area contributed by atoms with E-state index in [9.17, 15) is 4.79 Å². The van der Waals surface area contributed by atoms with E-state index in [-0.39, 0.29) is 11.9 Å². The fourth-order valence-corrected chi connectivity index (χ4v) is 2.42. The maximum Gasteiger partial charge on any atom is 0.245 e. The summed E-state index contributed by atoms with van der Waals surface area (Å²) < 4.78 is 0. The zero-order valence-corrected chi connectivity index (χ0v) is 11.4. The number of nitrogens with one attached hydrogen (secondary N) is 1. The molecule has 18 heavy (non-hydrogen) atoms.